The van der Waals surface area contributed by atoms with Gasteiger partial charge in [-0.25, -0.2) is 12.8 Å². The van der Waals surface area contributed by atoms with Gasteiger partial charge < -0.3 is 15.0 Å². The Balaban J connectivity index is 1.66. The van der Waals surface area contributed by atoms with Gasteiger partial charge >= 0.3 is 0 Å². The molecule has 180 valence electrons. The van der Waals surface area contributed by atoms with Crippen molar-refractivity contribution in [2.24, 2.45) is 0 Å². The summed E-state index contributed by atoms with van der Waals surface area (Å²) in [5.74, 6) is -0.441. The molecule has 33 heavy (non-hydrogen) atoms. The summed E-state index contributed by atoms with van der Waals surface area (Å²) in [7, 11) is -0.584. The lowest BCUT2D eigenvalue weighted by Gasteiger charge is -2.32. The Morgan fingerprint density at radius 3 is 2.70 bits per heavy atom. The monoisotopic (exact) mass is 477 g/mol. The minimum Gasteiger partial charge on any atom is -0.495 e. The lowest BCUT2D eigenvalue weighted by atomic mass is 10.1. The summed E-state index contributed by atoms with van der Waals surface area (Å²) in [5, 5.41) is 2.82. The van der Waals surface area contributed by atoms with Gasteiger partial charge in [-0.05, 0) is 56.5 Å². The van der Waals surface area contributed by atoms with E-state index in [0.29, 0.717) is 31.7 Å². The molecule has 1 heterocycles. The normalized spacial score (nSPS) is 16.9. The molecule has 1 aliphatic heterocycles. The molecule has 2 aromatic carbocycles. The number of para-hydroxylation sites is 1. The molecule has 0 aliphatic carbocycles. The molecule has 0 saturated carbocycles. The second-order valence-electron chi connectivity index (χ2n) is 8.31. The summed E-state index contributed by atoms with van der Waals surface area (Å²) in [4.78, 5) is 14.5. The molecular weight excluding hydrogens is 445 g/mol. The van der Waals surface area contributed by atoms with E-state index >= 15 is 0 Å². The number of carbonyl (C=O) groups excluding carboxylic acids is 1. The molecule has 0 radical (unpaired) electrons. The third-order valence-corrected chi connectivity index (χ3v) is 8.01. The van der Waals surface area contributed by atoms with Crippen molar-refractivity contribution in [2.45, 2.75) is 43.5 Å². The van der Waals surface area contributed by atoms with Crippen molar-refractivity contribution in [3.8, 4) is 5.75 Å². The van der Waals surface area contributed by atoms with E-state index in [0.717, 1.165) is 19.3 Å². The fourth-order valence-corrected chi connectivity index (χ4v) is 5.96. The Kier molecular flexibility index (Phi) is 8.31. The van der Waals surface area contributed by atoms with Gasteiger partial charge in [-0.3, -0.25) is 4.79 Å². The predicted octanol–water partition coefficient (Wildman–Crippen LogP) is 3.65. The predicted molar refractivity (Wildman–Crippen MR) is 127 cm³/mol. The third kappa shape index (κ3) is 5.83. The lowest BCUT2D eigenvalue weighted by molar-refractivity contribution is 0.0953. The number of hydrogen-bond acceptors (Lipinski definition) is 5. The van der Waals surface area contributed by atoms with Crippen LogP contribution in [-0.2, 0) is 10.0 Å². The van der Waals surface area contributed by atoms with Crippen LogP contribution in [0.2, 0.25) is 0 Å². The molecule has 1 atom stereocenters. The summed E-state index contributed by atoms with van der Waals surface area (Å²) in [6.45, 7) is 3.28. The maximum absolute atomic E-state index is 13.9. The Labute approximate surface area is 195 Å². The molecule has 1 fully saturated rings. The molecule has 0 aromatic heterocycles. The van der Waals surface area contributed by atoms with Gasteiger partial charge in [0.15, 0.2) is 0 Å². The van der Waals surface area contributed by atoms with E-state index in [1.54, 1.807) is 36.2 Å². The lowest BCUT2D eigenvalue weighted by Crippen LogP contribution is -2.42. The van der Waals surface area contributed by atoms with E-state index in [9.17, 15) is 17.6 Å². The van der Waals surface area contributed by atoms with Gasteiger partial charge in [0.05, 0.1) is 12.8 Å². The zero-order chi connectivity index (χ0) is 24.0. The van der Waals surface area contributed by atoms with Gasteiger partial charge in [-0.2, -0.15) is 4.31 Å². The Hall–Kier alpha value is -2.65. The number of nitrogens with zero attached hydrogens (tertiary/aromatic N) is 2. The molecule has 2 aromatic rings. The number of carbonyl (C=O) groups is 1. The first-order chi connectivity index (χ1) is 15.8. The molecule has 1 aliphatic rings. The van der Waals surface area contributed by atoms with Crippen molar-refractivity contribution < 1.29 is 22.3 Å². The zero-order valence-electron chi connectivity index (χ0n) is 19.4. The number of benzene rings is 2. The van der Waals surface area contributed by atoms with Gasteiger partial charge in [0.2, 0.25) is 10.0 Å². The van der Waals surface area contributed by atoms with Crippen molar-refractivity contribution in [2.75, 3.05) is 38.7 Å². The van der Waals surface area contributed by atoms with Crippen LogP contribution in [0, 0.1) is 5.82 Å². The van der Waals surface area contributed by atoms with E-state index in [1.165, 1.54) is 29.6 Å². The van der Waals surface area contributed by atoms with Crippen molar-refractivity contribution in [3.63, 3.8) is 0 Å². The van der Waals surface area contributed by atoms with Crippen LogP contribution in [0.4, 0.5) is 10.1 Å². The summed E-state index contributed by atoms with van der Waals surface area (Å²) < 4.78 is 47.3. The maximum atomic E-state index is 13.9. The number of halogens is 1. The first kappa shape index (κ1) is 25.0. The molecule has 1 unspecified atom stereocenters. The van der Waals surface area contributed by atoms with E-state index in [-0.39, 0.29) is 34.0 Å². The van der Waals surface area contributed by atoms with E-state index in [2.05, 4.69) is 5.32 Å². The third-order valence-electron chi connectivity index (χ3n) is 5.97. The number of anilines is 1. The number of sulfonamides is 1. The second-order valence-corrected chi connectivity index (χ2v) is 10.2. The average Bonchev–Trinajstić information content (AvgIpc) is 2.81. The highest BCUT2D eigenvalue weighted by atomic mass is 32.2. The fourth-order valence-electron chi connectivity index (χ4n) is 4.08. The second kappa shape index (κ2) is 11.0. The number of amides is 1. The number of nitrogens with one attached hydrogen (secondary N) is 1. The fraction of sp³-hybridized carbons (Fsp3) is 0.458. The molecule has 1 amide bonds. The highest BCUT2D eigenvalue weighted by molar-refractivity contribution is 7.89. The molecule has 1 N–H and O–H groups in total. The quantitative estimate of drug-likeness (QED) is 0.558. The maximum Gasteiger partial charge on any atom is 0.251 e. The van der Waals surface area contributed by atoms with Crippen molar-refractivity contribution in [1.29, 1.82) is 0 Å². The number of piperidine rings is 1. The SMILES string of the molecule is COc1ccc(C(=O)NCCCN(C)c2ccccc2F)cc1S(=O)(=O)N1CCCCC1C. The summed E-state index contributed by atoms with van der Waals surface area (Å²) >= 11 is 0. The summed E-state index contributed by atoms with van der Waals surface area (Å²) in [6.07, 6.45) is 3.22. The molecule has 9 heteroatoms. The average molecular weight is 478 g/mol. The molecular formula is C24H32FN3O4S. The first-order valence-electron chi connectivity index (χ1n) is 11.2. The topological polar surface area (TPSA) is 79.0 Å². The minimum atomic E-state index is -3.79. The van der Waals surface area contributed by atoms with Gasteiger partial charge in [-0.15, -0.1) is 0 Å². The molecule has 0 bridgehead atoms. The van der Waals surface area contributed by atoms with Crippen LogP contribution in [0.5, 0.6) is 5.75 Å². The standard InChI is InChI=1S/C24H32FN3O4S/c1-18-9-6-7-16-28(18)33(30,31)23-17-19(12-13-22(23)32-3)24(29)26-14-8-15-27(2)21-11-5-4-10-20(21)25/h4-5,10-13,17-18H,6-9,14-16H2,1-3H3,(H,26,29). The van der Waals surface area contributed by atoms with Gasteiger partial charge in [-0.1, -0.05) is 18.6 Å². The van der Waals surface area contributed by atoms with E-state index in [1.807, 2.05) is 6.92 Å². The van der Waals surface area contributed by atoms with Gasteiger partial charge in [0.25, 0.3) is 5.91 Å². The molecule has 0 spiro atoms. The van der Waals surface area contributed by atoms with Crippen LogP contribution >= 0.6 is 0 Å². The van der Waals surface area contributed by atoms with Crippen molar-refractivity contribution >= 4 is 21.6 Å². The number of methoxy groups -OCH3 is 1. The Bertz CT molecular complexity index is 1080. The number of ether oxygens (including phenoxy) is 1. The number of hydrogen-bond donors (Lipinski definition) is 1. The van der Waals surface area contributed by atoms with Crippen LogP contribution in [0.15, 0.2) is 47.4 Å². The largest absolute Gasteiger partial charge is 0.495 e. The minimum absolute atomic E-state index is 0.00526. The van der Waals surface area contributed by atoms with Gasteiger partial charge in [0, 0.05) is 38.3 Å². The van der Waals surface area contributed by atoms with Crippen LogP contribution in [0.25, 0.3) is 0 Å². The highest BCUT2D eigenvalue weighted by Gasteiger charge is 2.33. The first-order valence-corrected chi connectivity index (χ1v) is 12.6. The molecule has 1 saturated heterocycles. The molecule has 7 nitrogen and oxygen atoms in total. The van der Waals surface area contributed by atoms with E-state index < -0.39 is 10.0 Å². The Morgan fingerprint density at radius 1 is 1.24 bits per heavy atom. The zero-order valence-corrected chi connectivity index (χ0v) is 20.2. The van der Waals surface area contributed by atoms with Crippen LogP contribution in [0.1, 0.15) is 43.0 Å². The van der Waals surface area contributed by atoms with Crippen LogP contribution in [-0.4, -0.2) is 58.5 Å². The summed E-state index contributed by atoms with van der Waals surface area (Å²) in [6, 6.07) is 10.9. The number of rotatable bonds is 9. The summed E-state index contributed by atoms with van der Waals surface area (Å²) in [5.41, 5.74) is 0.752. The van der Waals surface area contributed by atoms with Crippen molar-refractivity contribution in [1.82, 2.24) is 9.62 Å². The van der Waals surface area contributed by atoms with Gasteiger partial charge in [0.1, 0.15) is 16.5 Å². The van der Waals surface area contributed by atoms with Crippen LogP contribution in [0.3, 0.4) is 0 Å². The molecule has 3 rings (SSSR count). The Morgan fingerprint density at radius 2 is 2.00 bits per heavy atom. The van der Waals surface area contributed by atoms with Crippen LogP contribution < -0.4 is 15.0 Å². The highest BCUT2D eigenvalue weighted by Crippen LogP contribution is 2.31. The van der Waals surface area contributed by atoms with Crippen molar-refractivity contribution in [3.05, 3.63) is 53.8 Å². The van der Waals surface area contributed by atoms with E-state index in [4.69, 9.17) is 4.74 Å². The smallest absolute Gasteiger partial charge is 0.251 e.